The third kappa shape index (κ3) is 5.07. The Morgan fingerprint density at radius 3 is 2.67 bits per heavy atom. The minimum atomic E-state index is -2.95. The van der Waals surface area contributed by atoms with Gasteiger partial charge in [0.15, 0.2) is 9.84 Å². The SMILES string of the molecule is CCS(=O)(=O)C1CSCCN1CCCCCCO. The summed E-state index contributed by atoms with van der Waals surface area (Å²) in [5, 5.41) is 8.42. The van der Waals surface area contributed by atoms with E-state index in [1.165, 1.54) is 0 Å². The smallest absolute Gasteiger partial charge is 0.166 e. The first-order chi connectivity index (χ1) is 8.61. The largest absolute Gasteiger partial charge is 0.396 e. The number of thioether (sulfide) groups is 1. The van der Waals surface area contributed by atoms with Crippen LogP contribution in [-0.4, -0.2) is 60.8 Å². The molecule has 1 aliphatic rings. The van der Waals surface area contributed by atoms with E-state index >= 15 is 0 Å². The molecule has 0 aromatic rings. The zero-order valence-electron chi connectivity index (χ0n) is 11.2. The van der Waals surface area contributed by atoms with Crippen molar-refractivity contribution >= 4 is 21.6 Å². The Morgan fingerprint density at radius 1 is 1.28 bits per heavy atom. The van der Waals surface area contributed by atoms with Crippen LogP contribution in [-0.2, 0) is 9.84 Å². The van der Waals surface area contributed by atoms with Gasteiger partial charge in [-0.05, 0) is 19.4 Å². The Balaban J connectivity index is 2.40. The average molecular weight is 295 g/mol. The van der Waals surface area contributed by atoms with E-state index in [9.17, 15) is 8.42 Å². The van der Waals surface area contributed by atoms with Gasteiger partial charge in [-0.25, -0.2) is 8.42 Å². The fraction of sp³-hybridized carbons (Fsp3) is 1.00. The van der Waals surface area contributed by atoms with Crippen LogP contribution in [0, 0.1) is 0 Å². The van der Waals surface area contributed by atoms with Gasteiger partial charge in [-0.3, -0.25) is 4.90 Å². The normalized spacial score (nSPS) is 22.2. The molecule has 4 nitrogen and oxygen atoms in total. The molecular weight excluding hydrogens is 270 g/mol. The van der Waals surface area contributed by atoms with Gasteiger partial charge >= 0.3 is 0 Å². The van der Waals surface area contributed by atoms with Gasteiger partial charge in [-0.15, -0.1) is 0 Å². The lowest BCUT2D eigenvalue weighted by Gasteiger charge is -2.34. The van der Waals surface area contributed by atoms with Gasteiger partial charge in [-0.2, -0.15) is 11.8 Å². The number of unbranched alkanes of at least 4 members (excludes halogenated alkanes) is 3. The summed E-state index contributed by atoms with van der Waals surface area (Å²) in [7, 11) is -2.95. The van der Waals surface area contributed by atoms with Crippen molar-refractivity contribution < 1.29 is 13.5 Å². The van der Waals surface area contributed by atoms with Crippen LogP contribution in [0.5, 0.6) is 0 Å². The van der Waals surface area contributed by atoms with Crippen LogP contribution >= 0.6 is 11.8 Å². The Kier molecular flexibility index (Phi) is 7.60. The molecule has 1 heterocycles. The first-order valence-electron chi connectivity index (χ1n) is 6.76. The second-order valence-corrected chi connectivity index (χ2v) is 8.25. The van der Waals surface area contributed by atoms with Gasteiger partial charge in [0, 0.05) is 30.4 Å². The summed E-state index contributed by atoms with van der Waals surface area (Å²) in [5.74, 6) is 1.98. The second kappa shape index (κ2) is 8.40. The van der Waals surface area contributed by atoms with Gasteiger partial charge in [0.1, 0.15) is 5.37 Å². The highest BCUT2D eigenvalue weighted by Gasteiger charge is 2.32. The topological polar surface area (TPSA) is 57.6 Å². The summed E-state index contributed by atoms with van der Waals surface area (Å²) in [6.07, 6.45) is 3.99. The molecule has 1 atom stereocenters. The van der Waals surface area contributed by atoms with E-state index in [1.54, 1.807) is 18.7 Å². The molecule has 1 N–H and O–H groups in total. The van der Waals surface area contributed by atoms with Crippen molar-refractivity contribution in [1.29, 1.82) is 0 Å². The van der Waals surface area contributed by atoms with Crippen LogP contribution in [0.2, 0.25) is 0 Å². The summed E-state index contributed by atoms with van der Waals surface area (Å²) >= 11 is 1.74. The molecule has 0 saturated carbocycles. The zero-order chi connectivity index (χ0) is 13.4. The summed E-state index contributed by atoms with van der Waals surface area (Å²) in [4.78, 5) is 2.13. The van der Waals surface area contributed by atoms with E-state index in [0.717, 1.165) is 44.5 Å². The Labute approximate surface area is 115 Å². The minimum absolute atomic E-state index is 0.235. The highest BCUT2D eigenvalue weighted by Crippen LogP contribution is 2.21. The first-order valence-corrected chi connectivity index (χ1v) is 9.63. The fourth-order valence-corrected chi connectivity index (χ4v) is 5.29. The maximum atomic E-state index is 12.0. The molecular formula is C12H25NO3S2. The standard InChI is InChI=1S/C12H25NO3S2/c1-2-18(15,16)12-11-17-10-8-13(12)7-5-3-4-6-9-14/h12,14H,2-11H2,1H3. The average Bonchev–Trinajstić information content (AvgIpc) is 2.39. The maximum absolute atomic E-state index is 12.0. The van der Waals surface area contributed by atoms with Crippen LogP contribution in [0.15, 0.2) is 0 Å². The molecule has 6 heteroatoms. The molecule has 18 heavy (non-hydrogen) atoms. The lowest BCUT2D eigenvalue weighted by atomic mass is 10.2. The molecule has 0 aromatic heterocycles. The number of sulfone groups is 1. The molecule has 1 aliphatic heterocycles. The summed E-state index contributed by atoms with van der Waals surface area (Å²) in [6, 6.07) is 0. The van der Waals surface area contributed by atoms with Gasteiger partial charge in [0.05, 0.1) is 0 Å². The number of hydrogen-bond acceptors (Lipinski definition) is 5. The molecule has 1 rings (SSSR count). The number of aliphatic hydroxyl groups is 1. The van der Waals surface area contributed by atoms with E-state index in [-0.39, 0.29) is 17.7 Å². The predicted octanol–water partition coefficient (Wildman–Crippen LogP) is 1.35. The number of hydrogen-bond donors (Lipinski definition) is 1. The van der Waals surface area contributed by atoms with E-state index in [0.29, 0.717) is 5.75 Å². The number of rotatable bonds is 8. The molecule has 0 spiro atoms. The summed E-state index contributed by atoms with van der Waals surface area (Å²) < 4.78 is 24.0. The van der Waals surface area contributed by atoms with Gasteiger partial charge in [0.2, 0.25) is 0 Å². The molecule has 0 radical (unpaired) electrons. The molecule has 108 valence electrons. The Bertz CT molecular complexity index is 319. The van der Waals surface area contributed by atoms with Crippen molar-refractivity contribution in [1.82, 2.24) is 4.90 Å². The van der Waals surface area contributed by atoms with Crippen molar-refractivity contribution in [3.63, 3.8) is 0 Å². The van der Waals surface area contributed by atoms with Gasteiger partial charge < -0.3 is 5.11 Å². The first kappa shape index (κ1) is 16.3. The molecule has 1 saturated heterocycles. The highest BCUT2D eigenvalue weighted by atomic mass is 32.2. The highest BCUT2D eigenvalue weighted by molar-refractivity contribution is 8.01. The fourth-order valence-electron chi connectivity index (χ4n) is 2.17. The quantitative estimate of drug-likeness (QED) is 0.685. The van der Waals surface area contributed by atoms with Crippen molar-refractivity contribution in [3.05, 3.63) is 0 Å². The van der Waals surface area contributed by atoms with Crippen molar-refractivity contribution in [2.45, 2.75) is 38.0 Å². The van der Waals surface area contributed by atoms with Crippen LogP contribution in [0.1, 0.15) is 32.6 Å². The van der Waals surface area contributed by atoms with E-state index in [4.69, 9.17) is 5.11 Å². The van der Waals surface area contributed by atoms with Crippen molar-refractivity contribution in [2.75, 3.05) is 37.0 Å². The van der Waals surface area contributed by atoms with E-state index < -0.39 is 9.84 Å². The lowest BCUT2D eigenvalue weighted by Crippen LogP contribution is -2.48. The molecule has 0 aromatic carbocycles. The third-order valence-corrected chi connectivity index (χ3v) is 6.69. The molecule has 1 fully saturated rings. The van der Waals surface area contributed by atoms with Gasteiger partial charge in [-0.1, -0.05) is 19.8 Å². The van der Waals surface area contributed by atoms with Crippen molar-refractivity contribution in [3.8, 4) is 0 Å². The summed E-state index contributed by atoms with van der Waals surface area (Å²) in [5.41, 5.74) is 0. The second-order valence-electron chi connectivity index (χ2n) is 4.65. The lowest BCUT2D eigenvalue weighted by molar-refractivity contribution is 0.256. The molecule has 0 aliphatic carbocycles. The van der Waals surface area contributed by atoms with Crippen LogP contribution < -0.4 is 0 Å². The van der Waals surface area contributed by atoms with Crippen LogP contribution in [0.25, 0.3) is 0 Å². The number of nitrogens with zero attached hydrogens (tertiary/aromatic N) is 1. The zero-order valence-corrected chi connectivity index (χ0v) is 12.8. The van der Waals surface area contributed by atoms with E-state index in [2.05, 4.69) is 4.90 Å². The van der Waals surface area contributed by atoms with Crippen LogP contribution in [0.3, 0.4) is 0 Å². The minimum Gasteiger partial charge on any atom is -0.396 e. The Morgan fingerprint density at radius 2 is 2.00 bits per heavy atom. The Hall–Kier alpha value is 0.220. The molecule has 1 unspecified atom stereocenters. The molecule has 0 amide bonds. The summed E-state index contributed by atoms with van der Waals surface area (Å²) in [6.45, 7) is 3.74. The van der Waals surface area contributed by atoms with Crippen molar-refractivity contribution in [2.24, 2.45) is 0 Å². The molecule has 0 bridgehead atoms. The third-order valence-electron chi connectivity index (χ3n) is 3.36. The predicted molar refractivity (Wildman–Crippen MR) is 77.7 cm³/mol. The van der Waals surface area contributed by atoms with Crippen LogP contribution in [0.4, 0.5) is 0 Å². The number of aliphatic hydroxyl groups excluding tert-OH is 1. The monoisotopic (exact) mass is 295 g/mol. The van der Waals surface area contributed by atoms with E-state index in [1.807, 2.05) is 0 Å². The maximum Gasteiger partial charge on any atom is 0.166 e. The van der Waals surface area contributed by atoms with Gasteiger partial charge in [0.25, 0.3) is 0 Å².